The number of benzene rings is 1. The Hall–Kier alpha value is -3.30. The lowest BCUT2D eigenvalue weighted by Crippen LogP contribution is -2.34. The van der Waals surface area contributed by atoms with Crippen LogP contribution in [0.15, 0.2) is 41.5 Å². The first-order valence-electron chi connectivity index (χ1n) is 6.90. The molecule has 3 rings (SSSR count). The van der Waals surface area contributed by atoms with E-state index in [2.05, 4.69) is 36.0 Å². The third-order valence-corrected chi connectivity index (χ3v) is 3.24. The Morgan fingerprint density at radius 3 is 2.78 bits per heavy atom. The number of carbonyl (C=O) groups is 1. The molecule has 23 heavy (non-hydrogen) atoms. The SMILES string of the molecule is O=C(NCc1n[nH]c(=O)[nH]1)[C@H](Cc1ccccc1)n1cnnn1. The molecular weight excluding hydrogens is 300 g/mol. The van der Waals surface area contributed by atoms with Crippen LogP contribution < -0.4 is 11.0 Å². The Kier molecular flexibility index (Phi) is 4.22. The van der Waals surface area contributed by atoms with Crippen LogP contribution in [0.3, 0.4) is 0 Å². The van der Waals surface area contributed by atoms with Gasteiger partial charge in [-0.15, -0.1) is 5.10 Å². The zero-order valence-electron chi connectivity index (χ0n) is 12.0. The molecule has 118 valence electrons. The Morgan fingerprint density at radius 1 is 1.30 bits per heavy atom. The molecule has 10 nitrogen and oxygen atoms in total. The summed E-state index contributed by atoms with van der Waals surface area (Å²) in [6.07, 6.45) is 1.83. The van der Waals surface area contributed by atoms with Crippen LogP contribution in [0, 0.1) is 0 Å². The molecule has 0 aliphatic rings. The lowest BCUT2D eigenvalue weighted by atomic mass is 10.1. The molecule has 0 aliphatic carbocycles. The Labute approximate surface area is 129 Å². The number of amides is 1. The summed E-state index contributed by atoms with van der Waals surface area (Å²) in [6, 6.07) is 8.96. The summed E-state index contributed by atoms with van der Waals surface area (Å²) in [6.45, 7) is 0.102. The first kappa shape index (κ1) is 14.6. The summed E-state index contributed by atoms with van der Waals surface area (Å²) in [5.74, 6) is 0.0727. The van der Waals surface area contributed by atoms with Crippen molar-refractivity contribution in [1.29, 1.82) is 0 Å². The fraction of sp³-hybridized carbons (Fsp3) is 0.231. The third kappa shape index (κ3) is 3.67. The Balaban J connectivity index is 1.72. The second-order valence-corrected chi connectivity index (χ2v) is 4.84. The zero-order chi connectivity index (χ0) is 16.1. The second-order valence-electron chi connectivity index (χ2n) is 4.84. The monoisotopic (exact) mass is 314 g/mol. The standard InChI is InChI=1S/C13H14N8O2/c22-12(14-7-11-16-13(23)18-17-11)10(21-8-15-19-20-21)6-9-4-2-1-3-5-9/h1-5,8,10H,6-7H2,(H,14,22)(H2,16,17,18,23)/t10-/m0/s1. The van der Waals surface area contributed by atoms with Gasteiger partial charge in [0.25, 0.3) is 0 Å². The van der Waals surface area contributed by atoms with E-state index >= 15 is 0 Å². The third-order valence-electron chi connectivity index (χ3n) is 3.24. The van der Waals surface area contributed by atoms with Crippen molar-refractivity contribution in [3.8, 4) is 0 Å². The fourth-order valence-corrected chi connectivity index (χ4v) is 2.13. The number of nitrogens with one attached hydrogen (secondary N) is 3. The van der Waals surface area contributed by atoms with Gasteiger partial charge in [-0.05, 0) is 16.0 Å². The summed E-state index contributed by atoms with van der Waals surface area (Å²) in [7, 11) is 0. The van der Waals surface area contributed by atoms with Gasteiger partial charge in [-0.1, -0.05) is 30.3 Å². The molecule has 0 saturated heterocycles. The van der Waals surface area contributed by atoms with Crippen LogP contribution in [0.2, 0.25) is 0 Å². The summed E-state index contributed by atoms with van der Waals surface area (Å²) in [4.78, 5) is 25.9. The Bertz CT molecular complexity index is 808. The fourth-order valence-electron chi connectivity index (χ4n) is 2.13. The van der Waals surface area contributed by atoms with E-state index in [-0.39, 0.29) is 12.5 Å². The number of hydrogen-bond donors (Lipinski definition) is 3. The largest absolute Gasteiger partial charge is 0.347 e. The van der Waals surface area contributed by atoms with Crippen molar-refractivity contribution in [2.75, 3.05) is 0 Å². The van der Waals surface area contributed by atoms with Gasteiger partial charge in [0.1, 0.15) is 18.2 Å². The van der Waals surface area contributed by atoms with Gasteiger partial charge in [-0.25, -0.2) is 14.6 Å². The molecule has 0 unspecified atom stereocenters. The van der Waals surface area contributed by atoms with E-state index in [1.807, 2.05) is 30.3 Å². The predicted molar refractivity (Wildman–Crippen MR) is 78.1 cm³/mol. The summed E-state index contributed by atoms with van der Waals surface area (Å²) >= 11 is 0. The maximum absolute atomic E-state index is 12.5. The minimum Gasteiger partial charge on any atom is -0.347 e. The number of aromatic nitrogens is 7. The van der Waals surface area contributed by atoms with Gasteiger partial charge in [-0.2, -0.15) is 5.10 Å². The molecule has 0 bridgehead atoms. The van der Waals surface area contributed by atoms with Crippen LogP contribution in [0.4, 0.5) is 0 Å². The molecule has 0 radical (unpaired) electrons. The zero-order valence-corrected chi connectivity index (χ0v) is 12.0. The first-order valence-corrected chi connectivity index (χ1v) is 6.90. The molecule has 3 aromatic rings. The molecular formula is C13H14N8O2. The average Bonchev–Trinajstić information content (AvgIpc) is 3.23. The minimum absolute atomic E-state index is 0.102. The molecule has 2 heterocycles. The predicted octanol–water partition coefficient (Wildman–Crippen LogP) is -0.815. The van der Waals surface area contributed by atoms with Crippen LogP contribution >= 0.6 is 0 Å². The van der Waals surface area contributed by atoms with Gasteiger partial charge in [-0.3, -0.25) is 9.78 Å². The smallest absolute Gasteiger partial charge is 0.340 e. The molecule has 3 N–H and O–H groups in total. The first-order chi connectivity index (χ1) is 11.2. The van der Waals surface area contributed by atoms with Gasteiger partial charge in [0.05, 0.1) is 6.54 Å². The van der Waals surface area contributed by atoms with Gasteiger partial charge in [0, 0.05) is 6.42 Å². The highest BCUT2D eigenvalue weighted by Crippen LogP contribution is 2.13. The van der Waals surface area contributed by atoms with Gasteiger partial charge in [0.15, 0.2) is 0 Å². The molecule has 10 heteroatoms. The van der Waals surface area contributed by atoms with Gasteiger partial charge >= 0.3 is 5.69 Å². The maximum atomic E-state index is 12.5. The van der Waals surface area contributed by atoms with Crippen LogP contribution in [0.5, 0.6) is 0 Å². The van der Waals surface area contributed by atoms with E-state index in [1.165, 1.54) is 11.0 Å². The van der Waals surface area contributed by atoms with Crippen LogP contribution in [0.25, 0.3) is 0 Å². The topological polar surface area (TPSA) is 134 Å². The van der Waals surface area contributed by atoms with Crippen molar-refractivity contribution in [2.45, 2.75) is 19.0 Å². The van der Waals surface area contributed by atoms with Crippen molar-refractivity contribution >= 4 is 5.91 Å². The van der Waals surface area contributed by atoms with E-state index in [1.54, 1.807) is 0 Å². The van der Waals surface area contributed by atoms with E-state index in [0.29, 0.717) is 12.2 Å². The highest BCUT2D eigenvalue weighted by molar-refractivity contribution is 5.80. The van der Waals surface area contributed by atoms with Crippen LogP contribution in [0.1, 0.15) is 17.4 Å². The van der Waals surface area contributed by atoms with Crippen molar-refractivity contribution in [1.82, 2.24) is 40.7 Å². The summed E-state index contributed by atoms with van der Waals surface area (Å²) in [5.41, 5.74) is 0.562. The summed E-state index contributed by atoms with van der Waals surface area (Å²) < 4.78 is 1.40. The highest BCUT2D eigenvalue weighted by Gasteiger charge is 2.22. The molecule has 0 aliphatic heterocycles. The highest BCUT2D eigenvalue weighted by atomic mass is 16.2. The van der Waals surface area contributed by atoms with Crippen molar-refractivity contribution in [3.63, 3.8) is 0 Å². The molecule has 0 saturated carbocycles. The van der Waals surface area contributed by atoms with E-state index in [0.717, 1.165) is 5.56 Å². The number of aromatic amines is 2. The molecule has 0 fully saturated rings. The van der Waals surface area contributed by atoms with Crippen LogP contribution in [-0.4, -0.2) is 41.3 Å². The lowest BCUT2D eigenvalue weighted by Gasteiger charge is -2.15. The maximum Gasteiger partial charge on any atom is 0.340 e. The molecule has 1 atom stereocenters. The number of rotatable bonds is 6. The Morgan fingerprint density at radius 2 is 2.13 bits per heavy atom. The lowest BCUT2D eigenvalue weighted by molar-refractivity contribution is -0.124. The quantitative estimate of drug-likeness (QED) is 0.544. The van der Waals surface area contributed by atoms with Crippen molar-refractivity contribution in [3.05, 3.63) is 58.5 Å². The van der Waals surface area contributed by atoms with E-state index in [9.17, 15) is 9.59 Å². The van der Waals surface area contributed by atoms with Gasteiger partial charge < -0.3 is 5.32 Å². The number of tetrazole rings is 1. The molecule has 1 aromatic carbocycles. The molecule has 0 spiro atoms. The van der Waals surface area contributed by atoms with Gasteiger partial charge in [0.2, 0.25) is 5.91 Å². The number of nitrogens with zero attached hydrogens (tertiary/aromatic N) is 5. The normalized spacial score (nSPS) is 12.0. The summed E-state index contributed by atoms with van der Waals surface area (Å²) in [5, 5.41) is 19.7. The number of H-pyrrole nitrogens is 2. The van der Waals surface area contributed by atoms with E-state index < -0.39 is 11.7 Å². The number of hydrogen-bond acceptors (Lipinski definition) is 6. The van der Waals surface area contributed by atoms with Crippen LogP contribution in [-0.2, 0) is 17.8 Å². The molecule has 2 aromatic heterocycles. The average molecular weight is 314 g/mol. The second kappa shape index (κ2) is 6.64. The van der Waals surface area contributed by atoms with Crippen molar-refractivity contribution in [2.24, 2.45) is 0 Å². The van der Waals surface area contributed by atoms with Crippen molar-refractivity contribution < 1.29 is 4.79 Å². The number of carbonyl (C=O) groups excluding carboxylic acids is 1. The minimum atomic E-state index is -0.599. The van der Waals surface area contributed by atoms with E-state index in [4.69, 9.17) is 0 Å². The molecule has 1 amide bonds.